The molecule has 2 unspecified atom stereocenters. The molecule has 2 aromatic rings. The minimum absolute atomic E-state index is 0.127. The molecule has 0 spiro atoms. The predicted molar refractivity (Wildman–Crippen MR) is 75.2 cm³/mol. The van der Waals surface area contributed by atoms with Crippen molar-refractivity contribution in [3.63, 3.8) is 0 Å². The molecule has 0 aliphatic rings. The predicted octanol–water partition coefficient (Wildman–Crippen LogP) is 0.974. The minimum atomic E-state index is -0.531. The fourth-order valence-corrected chi connectivity index (χ4v) is 1.64. The molecule has 20 heavy (non-hydrogen) atoms. The van der Waals surface area contributed by atoms with E-state index in [0.717, 1.165) is 6.42 Å². The maximum atomic E-state index is 12.0. The van der Waals surface area contributed by atoms with Crippen molar-refractivity contribution in [3.8, 4) is 5.95 Å². The Morgan fingerprint density at radius 1 is 1.45 bits per heavy atom. The number of aromatic nitrogens is 4. The zero-order valence-electron chi connectivity index (χ0n) is 11.5. The number of nitrogens with one attached hydrogen (secondary N) is 1. The summed E-state index contributed by atoms with van der Waals surface area (Å²) in [5.41, 5.74) is 6.44. The average molecular weight is 274 g/mol. The Morgan fingerprint density at radius 2 is 2.15 bits per heavy atom. The van der Waals surface area contributed by atoms with Crippen molar-refractivity contribution in [1.29, 1.82) is 0 Å². The molecule has 0 radical (unpaired) electrons. The van der Waals surface area contributed by atoms with E-state index in [0.29, 0.717) is 11.6 Å². The largest absolute Gasteiger partial charge is 0.322 e. The zero-order valence-corrected chi connectivity index (χ0v) is 11.5. The lowest BCUT2D eigenvalue weighted by atomic mass is 9.99. The van der Waals surface area contributed by atoms with Gasteiger partial charge in [-0.1, -0.05) is 20.3 Å². The number of nitrogens with zero attached hydrogens (tertiary/aromatic N) is 4. The lowest BCUT2D eigenvalue weighted by molar-refractivity contribution is -0.118. The van der Waals surface area contributed by atoms with Crippen LogP contribution in [0, 0.1) is 5.92 Å². The van der Waals surface area contributed by atoms with E-state index in [-0.39, 0.29) is 11.8 Å². The number of hydrogen-bond acceptors (Lipinski definition) is 5. The molecule has 1 amide bonds. The number of anilines is 1. The summed E-state index contributed by atoms with van der Waals surface area (Å²) >= 11 is 0. The van der Waals surface area contributed by atoms with Gasteiger partial charge in [0.1, 0.15) is 0 Å². The molecule has 2 atom stereocenters. The van der Waals surface area contributed by atoms with Gasteiger partial charge in [-0.15, -0.1) is 0 Å². The molecule has 0 bridgehead atoms. The van der Waals surface area contributed by atoms with Crippen molar-refractivity contribution >= 4 is 11.6 Å². The van der Waals surface area contributed by atoms with E-state index in [1.807, 2.05) is 13.8 Å². The lowest BCUT2D eigenvalue weighted by Crippen LogP contribution is -2.40. The van der Waals surface area contributed by atoms with Crippen LogP contribution in [0.2, 0.25) is 0 Å². The molecule has 7 heteroatoms. The summed E-state index contributed by atoms with van der Waals surface area (Å²) in [4.78, 5) is 20.1. The topological polar surface area (TPSA) is 98.7 Å². The summed E-state index contributed by atoms with van der Waals surface area (Å²) in [5, 5.41) is 6.84. The Kier molecular flexibility index (Phi) is 4.41. The van der Waals surface area contributed by atoms with Gasteiger partial charge in [-0.3, -0.25) is 4.79 Å². The van der Waals surface area contributed by atoms with Gasteiger partial charge >= 0.3 is 0 Å². The molecule has 2 aromatic heterocycles. The first kappa shape index (κ1) is 14.1. The van der Waals surface area contributed by atoms with Gasteiger partial charge in [-0.25, -0.2) is 14.6 Å². The van der Waals surface area contributed by atoms with Gasteiger partial charge in [0.05, 0.1) is 24.1 Å². The van der Waals surface area contributed by atoms with Crippen LogP contribution >= 0.6 is 0 Å². The van der Waals surface area contributed by atoms with E-state index < -0.39 is 6.04 Å². The van der Waals surface area contributed by atoms with Crippen LogP contribution in [0.5, 0.6) is 0 Å². The highest BCUT2D eigenvalue weighted by Crippen LogP contribution is 2.11. The second-order valence-corrected chi connectivity index (χ2v) is 4.62. The number of amides is 1. The van der Waals surface area contributed by atoms with Gasteiger partial charge in [0.25, 0.3) is 0 Å². The summed E-state index contributed by atoms with van der Waals surface area (Å²) in [7, 11) is 0. The second kappa shape index (κ2) is 6.25. The number of carbonyl (C=O) groups is 1. The van der Waals surface area contributed by atoms with Crippen LogP contribution in [0.3, 0.4) is 0 Å². The summed E-state index contributed by atoms with van der Waals surface area (Å²) in [6.07, 6.45) is 7.29. The molecule has 0 saturated carbocycles. The van der Waals surface area contributed by atoms with Crippen molar-refractivity contribution in [3.05, 3.63) is 30.9 Å². The van der Waals surface area contributed by atoms with Crippen LogP contribution < -0.4 is 11.1 Å². The van der Waals surface area contributed by atoms with Gasteiger partial charge in [0, 0.05) is 12.4 Å². The SMILES string of the molecule is CCC(C)C(N)C(=O)Nc1cnn(-c2ncccn2)c1. The van der Waals surface area contributed by atoms with Gasteiger partial charge in [-0.05, 0) is 12.0 Å². The van der Waals surface area contributed by atoms with E-state index in [4.69, 9.17) is 5.73 Å². The lowest BCUT2D eigenvalue weighted by Gasteiger charge is -2.16. The Hall–Kier alpha value is -2.28. The first-order valence-corrected chi connectivity index (χ1v) is 6.50. The van der Waals surface area contributed by atoms with Crippen molar-refractivity contribution in [2.45, 2.75) is 26.3 Å². The van der Waals surface area contributed by atoms with Crippen molar-refractivity contribution in [1.82, 2.24) is 19.7 Å². The minimum Gasteiger partial charge on any atom is -0.322 e. The fraction of sp³-hybridized carbons (Fsp3) is 0.385. The van der Waals surface area contributed by atoms with Crippen molar-refractivity contribution < 1.29 is 4.79 Å². The smallest absolute Gasteiger partial charge is 0.250 e. The summed E-state index contributed by atoms with van der Waals surface area (Å²) in [6, 6.07) is 1.19. The van der Waals surface area contributed by atoms with E-state index in [1.54, 1.807) is 24.7 Å². The molecule has 106 valence electrons. The van der Waals surface area contributed by atoms with Crippen LogP contribution in [0.25, 0.3) is 5.95 Å². The van der Waals surface area contributed by atoms with Crippen LogP contribution in [0.4, 0.5) is 5.69 Å². The molecule has 2 rings (SSSR count). The number of nitrogens with two attached hydrogens (primary N) is 1. The molecule has 2 heterocycles. The second-order valence-electron chi connectivity index (χ2n) is 4.62. The molecule has 7 nitrogen and oxygen atoms in total. The Bertz CT molecular complexity index is 567. The molecule has 3 N–H and O–H groups in total. The molecule has 0 aliphatic carbocycles. The number of hydrogen-bond donors (Lipinski definition) is 2. The molecule has 0 aliphatic heterocycles. The Labute approximate surface area is 117 Å². The van der Waals surface area contributed by atoms with Crippen LogP contribution in [0.1, 0.15) is 20.3 Å². The van der Waals surface area contributed by atoms with E-state index in [2.05, 4.69) is 20.4 Å². The maximum Gasteiger partial charge on any atom is 0.250 e. The number of rotatable bonds is 5. The molecule has 0 aromatic carbocycles. The Balaban J connectivity index is 2.05. The average Bonchev–Trinajstić information content (AvgIpc) is 2.95. The Morgan fingerprint density at radius 3 is 2.80 bits per heavy atom. The number of carbonyl (C=O) groups excluding carboxylic acids is 1. The van der Waals surface area contributed by atoms with Crippen molar-refractivity contribution in [2.24, 2.45) is 11.7 Å². The third-order valence-corrected chi connectivity index (χ3v) is 3.17. The van der Waals surface area contributed by atoms with Crippen LogP contribution in [0.15, 0.2) is 30.9 Å². The van der Waals surface area contributed by atoms with E-state index in [9.17, 15) is 4.79 Å². The molecular weight excluding hydrogens is 256 g/mol. The fourth-order valence-electron chi connectivity index (χ4n) is 1.64. The highest BCUT2D eigenvalue weighted by Gasteiger charge is 2.19. The van der Waals surface area contributed by atoms with Crippen molar-refractivity contribution in [2.75, 3.05) is 5.32 Å². The van der Waals surface area contributed by atoms with Crippen LogP contribution in [-0.4, -0.2) is 31.7 Å². The first-order chi connectivity index (χ1) is 9.61. The molecule has 0 fully saturated rings. The van der Waals surface area contributed by atoms with Gasteiger partial charge in [0.2, 0.25) is 11.9 Å². The quantitative estimate of drug-likeness (QED) is 0.846. The molecular formula is C13H18N6O. The monoisotopic (exact) mass is 274 g/mol. The summed E-state index contributed by atoms with van der Waals surface area (Å²) in [5.74, 6) is 0.356. The van der Waals surface area contributed by atoms with E-state index >= 15 is 0 Å². The first-order valence-electron chi connectivity index (χ1n) is 6.50. The van der Waals surface area contributed by atoms with Gasteiger partial charge in [0.15, 0.2) is 0 Å². The van der Waals surface area contributed by atoms with Crippen LogP contribution in [-0.2, 0) is 4.79 Å². The zero-order chi connectivity index (χ0) is 14.5. The third-order valence-electron chi connectivity index (χ3n) is 3.17. The third kappa shape index (κ3) is 3.18. The van der Waals surface area contributed by atoms with E-state index in [1.165, 1.54) is 10.9 Å². The molecule has 0 saturated heterocycles. The maximum absolute atomic E-state index is 12.0. The standard InChI is InChI=1S/C13H18N6O/c1-3-9(2)11(14)12(20)18-10-7-17-19(8-10)13-15-5-4-6-16-13/h4-9,11H,3,14H2,1-2H3,(H,18,20). The highest BCUT2D eigenvalue weighted by atomic mass is 16.2. The normalized spacial score (nSPS) is 13.8. The van der Waals surface area contributed by atoms with Gasteiger partial charge in [-0.2, -0.15) is 5.10 Å². The van der Waals surface area contributed by atoms with Gasteiger partial charge < -0.3 is 11.1 Å². The summed E-state index contributed by atoms with van der Waals surface area (Å²) in [6.45, 7) is 3.95. The summed E-state index contributed by atoms with van der Waals surface area (Å²) < 4.78 is 1.49. The highest BCUT2D eigenvalue weighted by molar-refractivity contribution is 5.94.